The molecule has 0 spiro atoms. The van der Waals surface area contributed by atoms with Crippen molar-refractivity contribution in [3.05, 3.63) is 41.8 Å². The average molecular weight is 274 g/mol. The number of aromatic nitrogens is 1. The molecule has 0 saturated carbocycles. The van der Waals surface area contributed by atoms with Crippen LogP contribution in [-0.2, 0) is 12.7 Å². The van der Waals surface area contributed by atoms with E-state index in [1.54, 1.807) is 0 Å². The minimum Gasteiger partial charge on any atom is -0.440 e. The van der Waals surface area contributed by atoms with Crippen LogP contribution in [0.5, 0.6) is 0 Å². The maximum Gasteiger partial charge on any atom is 0.416 e. The molecule has 18 heavy (non-hydrogen) atoms. The lowest BCUT2D eigenvalue weighted by Crippen LogP contribution is -2.07. The van der Waals surface area contributed by atoms with E-state index in [9.17, 15) is 13.2 Å². The first-order chi connectivity index (χ1) is 8.50. The number of nitrogens with zero attached hydrogens (tertiary/aromatic N) is 1. The molecule has 1 aromatic carbocycles. The Hall–Kier alpha value is -1.47. The molecular weight excluding hydrogens is 265 g/mol. The van der Waals surface area contributed by atoms with E-state index in [-0.39, 0.29) is 6.54 Å². The van der Waals surface area contributed by atoms with Crippen LogP contribution >= 0.6 is 11.8 Å². The van der Waals surface area contributed by atoms with E-state index >= 15 is 0 Å². The van der Waals surface area contributed by atoms with Gasteiger partial charge in [-0.1, -0.05) is 0 Å². The predicted octanol–water partition coefficient (Wildman–Crippen LogP) is 3.30. The summed E-state index contributed by atoms with van der Waals surface area (Å²) in [5.41, 5.74) is 5.16. The second-order valence-corrected chi connectivity index (χ2v) is 4.42. The third kappa shape index (κ3) is 2.85. The van der Waals surface area contributed by atoms with Crippen molar-refractivity contribution in [2.45, 2.75) is 22.8 Å². The minimum absolute atomic E-state index is 0.0208. The van der Waals surface area contributed by atoms with Crippen molar-refractivity contribution in [1.82, 2.24) is 4.98 Å². The monoisotopic (exact) mass is 274 g/mol. The van der Waals surface area contributed by atoms with E-state index < -0.39 is 11.7 Å². The summed E-state index contributed by atoms with van der Waals surface area (Å²) in [6, 6.07) is 3.44. The Morgan fingerprint density at radius 2 is 2.11 bits per heavy atom. The largest absolute Gasteiger partial charge is 0.440 e. The third-order valence-corrected chi connectivity index (χ3v) is 3.21. The molecule has 2 aromatic rings. The van der Waals surface area contributed by atoms with Gasteiger partial charge in [-0.25, -0.2) is 4.98 Å². The Kier molecular flexibility index (Phi) is 3.63. The number of nitrogens with two attached hydrogens (primary N) is 1. The van der Waals surface area contributed by atoms with Gasteiger partial charge in [0.25, 0.3) is 5.22 Å². The zero-order valence-corrected chi connectivity index (χ0v) is 9.89. The van der Waals surface area contributed by atoms with Gasteiger partial charge in [0.2, 0.25) is 0 Å². The molecule has 0 aliphatic heterocycles. The highest BCUT2D eigenvalue weighted by Crippen LogP contribution is 2.35. The summed E-state index contributed by atoms with van der Waals surface area (Å²) in [6.07, 6.45) is -1.50. The second kappa shape index (κ2) is 5.03. The van der Waals surface area contributed by atoms with E-state index in [0.717, 1.165) is 23.9 Å². The number of rotatable bonds is 3. The fourth-order valence-corrected chi connectivity index (χ4v) is 2.18. The second-order valence-electron chi connectivity index (χ2n) is 3.42. The third-order valence-electron chi connectivity index (χ3n) is 2.21. The standard InChI is InChI=1S/C11H9F3N2OS/c12-11(13,14)8-1-2-9(7(5-8)6-15)18-10-16-3-4-17-10/h1-5H,6,15H2. The van der Waals surface area contributed by atoms with Crippen molar-refractivity contribution < 1.29 is 17.6 Å². The fraction of sp³-hybridized carbons (Fsp3) is 0.182. The molecule has 0 aliphatic rings. The van der Waals surface area contributed by atoms with E-state index in [0.29, 0.717) is 15.7 Å². The summed E-state index contributed by atoms with van der Waals surface area (Å²) in [5, 5.41) is 0.365. The predicted molar refractivity (Wildman–Crippen MR) is 60.0 cm³/mol. The molecule has 7 heteroatoms. The van der Waals surface area contributed by atoms with Crippen LogP contribution in [0.15, 0.2) is 45.2 Å². The van der Waals surface area contributed by atoms with Crippen molar-refractivity contribution in [2.24, 2.45) is 5.73 Å². The first-order valence-electron chi connectivity index (χ1n) is 4.98. The number of oxazole rings is 1. The van der Waals surface area contributed by atoms with Crippen molar-refractivity contribution >= 4 is 11.8 Å². The van der Waals surface area contributed by atoms with Gasteiger partial charge in [-0.3, -0.25) is 0 Å². The summed E-state index contributed by atoms with van der Waals surface area (Å²) in [7, 11) is 0. The van der Waals surface area contributed by atoms with Crippen LogP contribution in [0.3, 0.4) is 0 Å². The van der Waals surface area contributed by atoms with Gasteiger partial charge >= 0.3 is 6.18 Å². The molecule has 1 heterocycles. The molecule has 1 aromatic heterocycles. The SMILES string of the molecule is NCc1cc(C(F)(F)F)ccc1Sc1ncco1. The zero-order chi connectivity index (χ0) is 13.2. The molecule has 0 aliphatic carbocycles. The van der Waals surface area contributed by atoms with Crippen LogP contribution in [0.25, 0.3) is 0 Å². The molecule has 3 nitrogen and oxygen atoms in total. The van der Waals surface area contributed by atoms with Gasteiger partial charge in [0.15, 0.2) is 0 Å². The van der Waals surface area contributed by atoms with Crippen LogP contribution in [0.4, 0.5) is 13.2 Å². The van der Waals surface area contributed by atoms with Gasteiger partial charge in [0.05, 0.1) is 11.8 Å². The molecule has 0 fully saturated rings. The Labute approximate surface area is 105 Å². The first kappa shape index (κ1) is 13.0. The van der Waals surface area contributed by atoms with Crippen LogP contribution in [0, 0.1) is 0 Å². The lowest BCUT2D eigenvalue weighted by atomic mass is 10.1. The van der Waals surface area contributed by atoms with Crippen LogP contribution in [0.1, 0.15) is 11.1 Å². The topological polar surface area (TPSA) is 52.0 Å². The molecular formula is C11H9F3N2OS. The average Bonchev–Trinajstić information content (AvgIpc) is 2.81. The van der Waals surface area contributed by atoms with Gasteiger partial charge in [0.1, 0.15) is 6.26 Å². The van der Waals surface area contributed by atoms with E-state index in [2.05, 4.69) is 4.98 Å². The Morgan fingerprint density at radius 3 is 2.67 bits per heavy atom. The molecule has 0 saturated heterocycles. The zero-order valence-electron chi connectivity index (χ0n) is 9.07. The highest BCUT2D eigenvalue weighted by atomic mass is 32.2. The lowest BCUT2D eigenvalue weighted by molar-refractivity contribution is -0.137. The van der Waals surface area contributed by atoms with E-state index in [4.69, 9.17) is 10.2 Å². The van der Waals surface area contributed by atoms with Gasteiger partial charge in [-0.05, 0) is 35.5 Å². The van der Waals surface area contributed by atoms with Crippen molar-refractivity contribution in [1.29, 1.82) is 0 Å². The summed E-state index contributed by atoms with van der Waals surface area (Å²) < 4.78 is 42.6. The Balaban J connectivity index is 2.32. The Bertz CT molecular complexity index is 526. The van der Waals surface area contributed by atoms with Crippen molar-refractivity contribution in [3.63, 3.8) is 0 Å². The Morgan fingerprint density at radius 1 is 1.33 bits per heavy atom. The van der Waals surface area contributed by atoms with Crippen LogP contribution in [-0.4, -0.2) is 4.98 Å². The van der Waals surface area contributed by atoms with Gasteiger partial charge in [0, 0.05) is 11.4 Å². The van der Waals surface area contributed by atoms with Gasteiger partial charge in [-0.2, -0.15) is 13.2 Å². The summed E-state index contributed by atoms with van der Waals surface area (Å²) >= 11 is 1.14. The quantitative estimate of drug-likeness (QED) is 0.933. The molecule has 0 radical (unpaired) electrons. The fourth-order valence-electron chi connectivity index (χ4n) is 1.37. The van der Waals surface area contributed by atoms with E-state index in [1.807, 2.05) is 0 Å². The van der Waals surface area contributed by atoms with Gasteiger partial charge < -0.3 is 10.2 Å². The van der Waals surface area contributed by atoms with Crippen molar-refractivity contribution in [2.75, 3.05) is 0 Å². The molecule has 0 unspecified atom stereocenters. The summed E-state index contributed by atoms with van der Waals surface area (Å²) in [6.45, 7) is 0.0208. The smallest absolute Gasteiger partial charge is 0.416 e. The van der Waals surface area contributed by atoms with Gasteiger partial charge in [-0.15, -0.1) is 0 Å². The first-order valence-corrected chi connectivity index (χ1v) is 5.80. The molecule has 0 bridgehead atoms. The molecule has 2 rings (SSSR count). The number of alkyl halides is 3. The summed E-state index contributed by atoms with van der Waals surface area (Å²) in [4.78, 5) is 4.50. The number of hydrogen-bond donors (Lipinski definition) is 1. The summed E-state index contributed by atoms with van der Waals surface area (Å²) in [5.74, 6) is 0. The lowest BCUT2D eigenvalue weighted by Gasteiger charge is -2.11. The van der Waals surface area contributed by atoms with Crippen LogP contribution < -0.4 is 5.73 Å². The van der Waals surface area contributed by atoms with E-state index in [1.165, 1.54) is 18.5 Å². The number of halogens is 3. The molecule has 0 amide bonds. The van der Waals surface area contributed by atoms with Crippen molar-refractivity contribution in [3.8, 4) is 0 Å². The maximum absolute atomic E-state index is 12.5. The molecule has 96 valence electrons. The number of benzene rings is 1. The molecule has 0 atom stereocenters. The highest BCUT2D eigenvalue weighted by Gasteiger charge is 2.30. The highest BCUT2D eigenvalue weighted by molar-refractivity contribution is 7.99. The van der Waals surface area contributed by atoms with Crippen LogP contribution in [0.2, 0.25) is 0 Å². The molecule has 2 N–H and O–H groups in total. The minimum atomic E-state index is -4.37. The maximum atomic E-state index is 12.5. The normalized spacial score (nSPS) is 11.8. The number of hydrogen-bond acceptors (Lipinski definition) is 4.